The highest BCUT2D eigenvalue weighted by Gasteiger charge is 2.27. The number of nitrogens with zero attached hydrogens (tertiary/aromatic N) is 2. The molecule has 4 rings (SSSR count). The summed E-state index contributed by atoms with van der Waals surface area (Å²) in [7, 11) is 0. The Morgan fingerprint density at radius 1 is 1.07 bits per heavy atom. The van der Waals surface area contributed by atoms with Crippen molar-refractivity contribution in [2.45, 2.75) is 26.7 Å². The lowest BCUT2D eigenvalue weighted by Crippen LogP contribution is -2.36. The molecule has 0 aromatic heterocycles. The van der Waals surface area contributed by atoms with Crippen LogP contribution in [-0.2, 0) is 11.2 Å². The van der Waals surface area contributed by atoms with Gasteiger partial charge in [-0.25, -0.2) is 4.39 Å². The van der Waals surface area contributed by atoms with Crippen LogP contribution in [-0.4, -0.2) is 50.2 Å². The topological polar surface area (TPSA) is 32.8 Å². The molecule has 154 valence electrons. The lowest BCUT2D eigenvalue weighted by molar-refractivity contribution is 0.0787. The number of anilines is 1. The molecule has 0 spiro atoms. The number of hydrogen-bond donors (Lipinski definition) is 0. The van der Waals surface area contributed by atoms with Gasteiger partial charge in [0.2, 0.25) is 0 Å². The molecule has 5 heteroatoms. The van der Waals surface area contributed by atoms with E-state index < -0.39 is 0 Å². The molecule has 2 aliphatic rings. The first-order valence-electron chi connectivity index (χ1n) is 10.5. The number of rotatable bonds is 4. The van der Waals surface area contributed by atoms with Crippen molar-refractivity contribution in [3.63, 3.8) is 0 Å². The van der Waals surface area contributed by atoms with Crippen molar-refractivity contribution < 1.29 is 13.9 Å². The second-order valence-corrected chi connectivity index (χ2v) is 8.29. The molecule has 0 bridgehead atoms. The maximum Gasteiger partial charge on any atom is 0.253 e. The summed E-state index contributed by atoms with van der Waals surface area (Å²) in [5.41, 5.74) is 4.75. The number of amides is 1. The van der Waals surface area contributed by atoms with Gasteiger partial charge in [0.05, 0.1) is 13.2 Å². The van der Waals surface area contributed by atoms with Crippen LogP contribution < -0.4 is 4.90 Å². The van der Waals surface area contributed by atoms with Gasteiger partial charge in [0.15, 0.2) is 0 Å². The summed E-state index contributed by atoms with van der Waals surface area (Å²) in [6.07, 6.45) is 1.78. The average Bonchev–Trinajstić information content (AvgIpc) is 3.19. The molecule has 2 aromatic rings. The lowest BCUT2D eigenvalue weighted by atomic mass is 9.98. The monoisotopic (exact) mass is 396 g/mol. The maximum atomic E-state index is 13.8. The van der Waals surface area contributed by atoms with Crippen LogP contribution in [0.3, 0.4) is 0 Å². The molecule has 0 radical (unpaired) electrons. The predicted molar refractivity (Wildman–Crippen MR) is 113 cm³/mol. The van der Waals surface area contributed by atoms with Gasteiger partial charge >= 0.3 is 0 Å². The molecule has 1 unspecified atom stereocenters. The third kappa shape index (κ3) is 4.45. The van der Waals surface area contributed by atoms with Gasteiger partial charge in [0, 0.05) is 37.4 Å². The largest absolute Gasteiger partial charge is 0.378 e. The van der Waals surface area contributed by atoms with Gasteiger partial charge in [-0.05, 0) is 73.6 Å². The minimum atomic E-state index is -0.149. The van der Waals surface area contributed by atoms with Crippen molar-refractivity contribution in [2.75, 3.05) is 44.3 Å². The van der Waals surface area contributed by atoms with Crippen LogP contribution in [0.25, 0.3) is 0 Å². The Kier molecular flexibility index (Phi) is 5.86. The molecule has 2 aromatic carbocycles. The van der Waals surface area contributed by atoms with E-state index in [2.05, 4.69) is 17.9 Å². The summed E-state index contributed by atoms with van der Waals surface area (Å²) in [4.78, 5) is 17.3. The molecule has 4 nitrogen and oxygen atoms in total. The predicted octanol–water partition coefficient (Wildman–Crippen LogP) is 3.98. The molecule has 0 saturated carbocycles. The normalized spacial score (nSPS) is 19.6. The van der Waals surface area contributed by atoms with Crippen LogP contribution in [0.4, 0.5) is 10.1 Å². The highest BCUT2D eigenvalue weighted by Crippen LogP contribution is 2.26. The van der Waals surface area contributed by atoms with Crippen molar-refractivity contribution in [1.29, 1.82) is 0 Å². The first kappa shape index (κ1) is 19.9. The number of aryl methyl sites for hydroxylation is 2. The Labute approximate surface area is 172 Å². The van der Waals surface area contributed by atoms with Crippen LogP contribution in [0.2, 0.25) is 0 Å². The third-order valence-corrected chi connectivity index (χ3v) is 6.13. The molecule has 1 amide bonds. The molecule has 29 heavy (non-hydrogen) atoms. The van der Waals surface area contributed by atoms with Gasteiger partial charge in [-0.2, -0.15) is 0 Å². The summed E-state index contributed by atoms with van der Waals surface area (Å²) in [6, 6.07) is 11.5. The number of halogens is 1. The number of benzene rings is 2. The fourth-order valence-electron chi connectivity index (χ4n) is 4.41. The second-order valence-electron chi connectivity index (χ2n) is 8.29. The first-order valence-corrected chi connectivity index (χ1v) is 10.5. The van der Waals surface area contributed by atoms with Gasteiger partial charge in [-0.3, -0.25) is 4.79 Å². The van der Waals surface area contributed by atoms with E-state index in [1.54, 1.807) is 13.0 Å². The number of carbonyl (C=O) groups is 1. The minimum absolute atomic E-state index is 0.0965. The smallest absolute Gasteiger partial charge is 0.253 e. The number of morpholine rings is 1. The number of likely N-dealkylation sites (tertiary alicyclic amines) is 1. The Bertz CT molecular complexity index is 892. The van der Waals surface area contributed by atoms with Crippen molar-refractivity contribution in [3.8, 4) is 0 Å². The molecule has 1 atom stereocenters. The Balaban J connectivity index is 1.39. The van der Waals surface area contributed by atoms with E-state index >= 15 is 0 Å². The lowest BCUT2D eigenvalue weighted by Gasteiger charge is -2.30. The molecule has 2 heterocycles. The van der Waals surface area contributed by atoms with Gasteiger partial charge in [0.25, 0.3) is 5.91 Å². The summed E-state index contributed by atoms with van der Waals surface area (Å²) >= 11 is 0. The zero-order valence-electron chi connectivity index (χ0n) is 17.3. The van der Waals surface area contributed by atoms with E-state index in [0.29, 0.717) is 11.5 Å². The minimum Gasteiger partial charge on any atom is -0.378 e. The van der Waals surface area contributed by atoms with E-state index in [-0.39, 0.29) is 11.7 Å². The van der Waals surface area contributed by atoms with Crippen LogP contribution in [0.15, 0.2) is 36.4 Å². The van der Waals surface area contributed by atoms with Crippen molar-refractivity contribution in [3.05, 3.63) is 64.5 Å². The van der Waals surface area contributed by atoms with Crippen LogP contribution in [0.5, 0.6) is 0 Å². The number of ether oxygens (including phenoxy) is 1. The molecule has 2 aliphatic heterocycles. The van der Waals surface area contributed by atoms with Crippen LogP contribution >= 0.6 is 0 Å². The molecular weight excluding hydrogens is 367 g/mol. The van der Waals surface area contributed by atoms with E-state index in [9.17, 15) is 9.18 Å². The highest BCUT2D eigenvalue weighted by molar-refractivity contribution is 5.95. The maximum absolute atomic E-state index is 13.8. The Morgan fingerprint density at radius 2 is 1.86 bits per heavy atom. The van der Waals surface area contributed by atoms with Gasteiger partial charge in [-0.15, -0.1) is 0 Å². The van der Waals surface area contributed by atoms with Crippen LogP contribution in [0.1, 0.15) is 33.5 Å². The van der Waals surface area contributed by atoms with Gasteiger partial charge in [-0.1, -0.05) is 12.1 Å². The highest BCUT2D eigenvalue weighted by atomic mass is 19.1. The number of hydrogen-bond acceptors (Lipinski definition) is 3. The third-order valence-electron chi connectivity index (χ3n) is 6.13. The average molecular weight is 397 g/mol. The van der Waals surface area contributed by atoms with Crippen LogP contribution in [0, 0.1) is 25.6 Å². The zero-order chi connectivity index (χ0) is 20.4. The molecular formula is C24H29FN2O2. The summed E-state index contributed by atoms with van der Waals surface area (Å²) in [5, 5.41) is 0. The summed E-state index contributed by atoms with van der Waals surface area (Å²) in [5.74, 6) is 0.332. The van der Waals surface area contributed by atoms with E-state index in [0.717, 1.165) is 68.9 Å². The Morgan fingerprint density at radius 3 is 2.59 bits per heavy atom. The van der Waals surface area contributed by atoms with Gasteiger partial charge < -0.3 is 14.5 Å². The second kappa shape index (κ2) is 8.54. The summed E-state index contributed by atoms with van der Waals surface area (Å²) < 4.78 is 19.2. The first-order chi connectivity index (χ1) is 14.0. The molecule has 2 fully saturated rings. The van der Waals surface area contributed by atoms with Gasteiger partial charge in [0.1, 0.15) is 5.82 Å². The molecule has 0 aliphatic carbocycles. The molecule has 0 N–H and O–H groups in total. The van der Waals surface area contributed by atoms with Crippen molar-refractivity contribution in [2.24, 2.45) is 5.92 Å². The quantitative estimate of drug-likeness (QED) is 0.784. The van der Waals surface area contributed by atoms with E-state index in [1.807, 2.05) is 29.2 Å². The van der Waals surface area contributed by atoms with E-state index in [4.69, 9.17) is 4.74 Å². The van der Waals surface area contributed by atoms with Crippen molar-refractivity contribution >= 4 is 11.6 Å². The van der Waals surface area contributed by atoms with E-state index in [1.165, 1.54) is 5.69 Å². The fraction of sp³-hybridized carbons (Fsp3) is 0.458. The zero-order valence-corrected chi connectivity index (χ0v) is 17.3. The van der Waals surface area contributed by atoms with Crippen molar-refractivity contribution in [1.82, 2.24) is 4.90 Å². The molecule has 2 saturated heterocycles. The number of carbonyl (C=O) groups excluding carboxylic acids is 1. The fourth-order valence-corrected chi connectivity index (χ4v) is 4.41. The Hall–Kier alpha value is -2.40. The standard InChI is InChI=1S/C24H29FN2O2/c1-17-3-4-19(15-22(17)25)14-20-7-8-27(16-20)24(28)21-5-6-23(18(2)13-21)26-9-11-29-12-10-26/h3-6,13,15,20H,7-12,14,16H2,1-2H3. The summed E-state index contributed by atoms with van der Waals surface area (Å²) in [6.45, 7) is 8.63. The SMILES string of the molecule is Cc1ccc(CC2CCN(C(=O)c3ccc(N4CCOCC4)c(C)c3)C2)cc1F.